The Morgan fingerprint density at radius 1 is 1.12 bits per heavy atom. The van der Waals surface area contributed by atoms with Gasteiger partial charge in [-0.25, -0.2) is 8.42 Å². The standard InChI is InChI=1S/C17H16N2O4S/c1-23-12-5-4-6-13(9-12)24(21,22)19-10-17(11-19)14-7-2-3-8-15(14)18-16(17)20/h2-9H,10-11H2,1H3,(H,18,20). The van der Waals surface area contributed by atoms with Crippen LogP contribution < -0.4 is 10.1 Å². The van der Waals surface area contributed by atoms with Gasteiger partial charge in [0, 0.05) is 24.8 Å². The van der Waals surface area contributed by atoms with E-state index in [1.165, 1.54) is 23.5 Å². The van der Waals surface area contributed by atoms with Crippen molar-refractivity contribution in [3.63, 3.8) is 0 Å². The van der Waals surface area contributed by atoms with E-state index in [2.05, 4.69) is 5.32 Å². The quantitative estimate of drug-likeness (QED) is 0.917. The van der Waals surface area contributed by atoms with Crippen LogP contribution in [-0.2, 0) is 20.2 Å². The van der Waals surface area contributed by atoms with E-state index in [0.29, 0.717) is 5.75 Å². The maximum atomic E-state index is 12.8. The Bertz CT molecular complexity index is 933. The molecule has 0 atom stereocenters. The van der Waals surface area contributed by atoms with Gasteiger partial charge >= 0.3 is 0 Å². The number of benzene rings is 2. The van der Waals surface area contributed by atoms with Crippen LogP contribution in [0.5, 0.6) is 5.75 Å². The van der Waals surface area contributed by atoms with E-state index in [1.807, 2.05) is 24.3 Å². The molecule has 0 radical (unpaired) electrons. The molecule has 1 fully saturated rings. The number of carbonyl (C=O) groups excluding carboxylic acids is 1. The summed E-state index contributed by atoms with van der Waals surface area (Å²) in [5.74, 6) is 0.344. The Hall–Kier alpha value is -2.38. The lowest BCUT2D eigenvalue weighted by Crippen LogP contribution is -2.64. The van der Waals surface area contributed by atoms with Crippen molar-refractivity contribution in [1.82, 2.24) is 4.31 Å². The summed E-state index contributed by atoms with van der Waals surface area (Å²) in [5.41, 5.74) is 0.857. The first kappa shape index (κ1) is 15.2. The molecule has 1 N–H and O–H groups in total. The van der Waals surface area contributed by atoms with Gasteiger partial charge in [-0.3, -0.25) is 4.79 Å². The van der Waals surface area contributed by atoms with Crippen LogP contribution in [0, 0.1) is 0 Å². The Balaban J connectivity index is 1.64. The molecule has 4 rings (SSSR count). The third kappa shape index (κ3) is 1.98. The number of hydrogen-bond acceptors (Lipinski definition) is 4. The van der Waals surface area contributed by atoms with Gasteiger partial charge in [0.15, 0.2) is 0 Å². The Morgan fingerprint density at radius 3 is 2.62 bits per heavy atom. The molecule has 0 unspecified atom stereocenters. The molecule has 2 aliphatic heterocycles. The average Bonchev–Trinajstić information content (AvgIpc) is 2.85. The summed E-state index contributed by atoms with van der Waals surface area (Å²) in [7, 11) is -2.16. The van der Waals surface area contributed by atoms with Crippen LogP contribution in [0.15, 0.2) is 53.4 Å². The number of carbonyl (C=O) groups is 1. The fourth-order valence-corrected chi connectivity index (χ4v) is 4.92. The number of ether oxygens (including phenoxy) is 1. The fourth-order valence-electron chi connectivity index (χ4n) is 3.32. The van der Waals surface area contributed by atoms with E-state index in [9.17, 15) is 13.2 Å². The predicted molar refractivity (Wildman–Crippen MR) is 88.5 cm³/mol. The van der Waals surface area contributed by atoms with Gasteiger partial charge in [0.1, 0.15) is 11.2 Å². The smallest absolute Gasteiger partial charge is 0.243 e. The number of rotatable bonds is 3. The zero-order valence-electron chi connectivity index (χ0n) is 13.0. The highest BCUT2D eigenvalue weighted by Gasteiger charge is 2.58. The molecule has 1 spiro atoms. The van der Waals surface area contributed by atoms with E-state index in [-0.39, 0.29) is 23.9 Å². The Morgan fingerprint density at radius 2 is 1.88 bits per heavy atom. The Kier molecular flexibility index (Phi) is 3.20. The second-order valence-corrected chi connectivity index (χ2v) is 7.97. The maximum absolute atomic E-state index is 12.8. The first-order chi connectivity index (χ1) is 11.5. The van der Waals surface area contributed by atoms with Crippen LogP contribution in [0.1, 0.15) is 5.56 Å². The van der Waals surface area contributed by atoms with Crippen molar-refractivity contribution in [1.29, 1.82) is 0 Å². The molecule has 1 amide bonds. The lowest BCUT2D eigenvalue weighted by Gasteiger charge is -2.45. The second kappa shape index (κ2) is 5.06. The van der Waals surface area contributed by atoms with Crippen LogP contribution in [0.4, 0.5) is 5.69 Å². The molecule has 2 heterocycles. The molecule has 6 nitrogen and oxygen atoms in total. The van der Waals surface area contributed by atoms with Crippen molar-refractivity contribution in [3.8, 4) is 5.75 Å². The van der Waals surface area contributed by atoms with Gasteiger partial charge in [-0.2, -0.15) is 4.31 Å². The van der Waals surface area contributed by atoms with Gasteiger partial charge in [-0.05, 0) is 23.8 Å². The van der Waals surface area contributed by atoms with Gasteiger partial charge in [0.05, 0.1) is 12.0 Å². The molecule has 2 aliphatic rings. The SMILES string of the molecule is COc1cccc(S(=O)(=O)N2CC3(C2)C(=O)Nc2ccccc23)c1. The molecule has 0 aromatic heterocycles. The van der Waals surface area contributed by atoms with Gasteiger partial charge < -0.3 is 10.1 Å². The maximum Gasteiger partial charge on any atom is 0.243 e. The van der Waals surface area contributed by atoms with E-state index in [0.717, 1.165) is 11.3 Å². The second-order valence-electron chi connectivity index (χ2n) is 6.03. The van der Waals surface area contributed by atoms with Gasteiger partial charge in [-0.15, -0.1) is 0 Å². The number of sulfonamides is 1. The molecular weight excluding hydrogens is 328 g/mol. The summed E-state index contributed by atoms with van der Waals surface area (Å²) in [6.07, 6.45) is 0. The summed E-state index contributed by atoms with van der Waals surface area (Å²) < 4.78 is 32.0. The van der Waals surface area contributed by atoms with Crippen molar-refractivity contribution in [2.75, 3.05) is 25.5 Å². The molecule has 24 heavy (non-hydrogen) atoms. The number of hydrogen-bond donors (Lipinski definition) is 1. The molecule has 124 valence electrons. The minimum atomic E-state index is -3.65. The third-order valence-electron chi connectivity index (χ3n) is 4.70. The molecule has 0 bridgehead atoms. The largest absolute Gasteiger partial charge is 0.497 e. The first-order valence-electron chi connectivity index (χ1n) is 7.52. The highest BCUT2D eigenvalue weighted by atomic mass is 32.2. The molecule has 2 aromatic rings. The van der Waals surface area contributed by atoms with E-state index >= 15 is 0 Å². The number of amides is 1. The lowest BCUT2D eigenvalue weighted by molar-refractivity contribution is -0.124. The number of fused-ring (bicyclic) bond motifs is 2. The zero-order chi connectivity index (χ0) is 16.9. The molecule has 1 saturated heterocycles. The summed E-state index contributed by atoms with van der Waals surface area (Å²) in [6, 6.07) is 13.8. The number of para-hydroxylation sites is 1. The molecule has 0 saturated carbocycles. The Labute approximate surface area is 140 Å². The lowest BCUT2D eigenvalue weighted by atomic mass is 9.76. The number of anilines is 1. The highest BCUT2D eigenvalue weighted by Crippen LogP contribution is 2.45. The van der Waals surface area contributed by atoms with Gasteiger partial charge in [0.25, 0.3) is 0 Å². The fraction of sp³-hybridized carbons (Fsp3) is 0.235. The minimum absolute atomic E-state index is 0.138. The minimum Gasteiger partial charge on any atom is -0.497 e. The van der Waals surface area contributed by atoms with Crippen LogP contribution in [-0.4, -0.2) is 38.8 Å². The third-order valence-corrected chi connectivity index (χ3v) is 6.48. The van der Waals surface area contributed by atoms with Crippen molar-refractivity contribution < 1.29 is 17.9 Å². The number of nitrogens with one attached hydrogen (secondary N) is 1. The van der Waals surface area contributed by atoms with Crippen molar-refractivity contribution in [2.45, 2.75) is 10.3 Å². The average molecular weight is 344 g/mol. The van der Waals surface area contributed by atoms with Gasteiger partial charge in [-0.1, -0.05) is 24.3 Å². The van der Waals surface area contributed by atoms with Crippen LogP contribution in [0.3, 0.4) is 0 Å². The van der Waals surface area contributed by atoms with Gasteiger partial charge in [0.2, 0.25) is 15.9 Å². The summed E-state index contributed by atoms with van der Waals surface area (Å²) >= 11 is 0. The summed E-state index contributed by atoms with van der Waals surface area (Å²) in [5, 5.41) is 2.84. The van der Waals surface area contributed by atoms with Crippen LogP contribution in [0.2, 0.25) is 0 Å². The summed E-state index contributed by atoms with van der Waals surface area (Å²) in [6.45, 7) is 0.296. The normalized spacial score (nSPS) is 18.8. The van der Waals surface area contributed by atoms with E-state index in [1.54, 1.807) is 12.1 Å². The molecular formula is C17H16N2O4S. The van der Waals surface area contributed by atoms with Crippen LogP contribution in [0.25, 0.3) is 0 Å². The topological polar surface area (TPSA) is 75.7 Å². The van der Waals surface area contributed by atoms with Crippen molar-refractivity contribution in [3.05, 3.63) is 54.1 Å². The predicted octanol–water partition coefficient (Wildman–Crippen LogP) is 1.59. The number of methoxy groups -OCH3 is 1. The van der Waals surface area contributed by atoms with Crippen LogP contribution >= 0.6 is 0 Å². The van der Waals surface area contributed by atoms with Crippen molar-refractivity contribution >= 4 is 21.6 Å². The van der Waals surface area contributed by atoms with E-state index < -0.39 is 15.4 Å². The van der Waals surface area contributed by atoms with Crippen molar-refractivity contribution in [2.24, 2.45) is 0 Å². The number of nitrogens with zero attached hydrogens (tertiary/aromatic N) is 1. The zero-order valence-corrected chi connectivity index (χ0v) is 13.8. The van der Waals surface area contributed by atoms with E-state index in [4.69, 9.17) is 4.74 Å². The molecule has 0 aliphatic carbocycles. The summed E-state index contributed by atoms with van der Waals surface area (Å²) in [4.78, 5) is 12.6. The molecule has 2 aromatic carbocycles. The first-order valence-corrected chi connectivity index (χ1v) is 8.96. The monoisotopic (exact) mass is 344 g/mol. The molecule has 7 heteroatoms. The highest BCUT2D eigenvalue weighted by molar-refractivity contribution is 7.89.